The van der Waals surface area contributed by atoms with Gasteiger partial charge in [-0.1, -0.05) is 12.7 Å². The van der Waals surface area contributed by atoms with Crippen molar-refractivity contribution in [1.82, 2.24) is 0 Å². The van der Waals surface area contributed by atoms with E-state index in [1.165, 1.54) is 6.08 Å². The maximum absolute atomic E-state index is 9.82. The topological polar surface area (TPSA) is 63.3 Å². The second kappa shape index (κ2) is 7.91. The third kappa shape index (κ3) is 15.8. The van der Waals surface area contributed by atoms with Gasteiger partial charge in [0.2, 0.25) is 5.91 Å². The fourth-order valence-corrected chi connectivity index (χ4v) is 0. The van der Waals surface area contributed by atoms with Crippen LogP contribution in [0.25, 0.3) is 0 Å². The van der Waals surface area contributed by atoms with E-state index in [0.717, 1.165) is 0 Å². The number of carbonyl (C=O) groups is 1. The summed E-state index contributed by atoms with van der Waals surface area (Å²) in [7, 11) is 0. The zero-order valence-corrected chi connectivity index (χ0v) is 6.13. The van der Waals surface area contributed by atoms with Crippen molar-refractivity contribution in [1.29, 1.82) is 0 Å². The van der Waals surface area contributed by atoms with E-state index in [4.69, 9.17) is 10.8 Å². The Hall–Kier alpha value is -1.09. The maximum atomic E-state index is 9.82. The minimum absolute atomic E-state index is 0.0833. The number of hydrogen-bond acceptors (Lipinski definition) is 2. The fraction of sp³-hybridized carbons (Fsp3) is 0.286. The highest BCUT2D eigenvalue weighted by molar-refractivity contribution is 5.90. The van der Waals surface area contributed by atoms with E-state index in [1.54, 1.807) is 6.92 Å². The van der Waals surface area contributed by atoms with Crippen molar-refractivity contribution >= 4 is 5.91 Å². The van der Waals surface area contributed by atoms with Gasteiger partial charge < -0.3 is 10.8 Å². The fourth-order valence-electron chi connectivity index (χ4n) is 0. The zero-order chi connectivity index (χ0) is 8.57. The second-order valence-corrected chi connectivity index (χ2v) is 1.62. The van der Waals surface area contributed by atoms with Crippen molar-refractivity contribution in [2.24, 2.45) is 5.73 Å². The van der Waals surface area contributed by atoms with E-state index >= 15 is 0 Å². The molecule has 0 aliphatic rings. The Kier molecular flexibility index (Phi) is 9.24. The van der Waals surface area contributed by atoms with Gasteiger partial charge in [-0.3, -0.25) is 4.79 Å². The predicted octanol–water partition coefficient (Wildman–Crippen LogP) is 0.213. The summed E-state index contributed by atoms with van der Waals surface area (Å²) >= 11 is 0. The van der Waals surface area contributed by atoms with Crippen LogP contribution < -0.4 is 5.73 Å². The lowest BCUT2D eigenvalue weighted by atomic mass is 10.3. The smallest absolute Gasteiger partial charge is 0.243 e. The van der Waals surface area contributed by atoms with Crippen molar-refractivity contribution in [3.8, 4) is 0 Å². The number of aliphatic hydroxyl groups is 1. The first-order valence-corrected chi connectivity index (χ1v) is 2.73. The van der Waals surface area contributed by atoms with E-state index in [9.17, 15) is 4.79 Å². The Morgan fingerprint density at radius 1 is 1.80 bits per heavy atom. The predicted molar refractivity (Wildman–Crippen MR) is 41.3 cm³/mol. The maximum Gasteiger partial charge on any atom is 0.243 e. The molecule has 0 saturated heterocycles. The quantitative estimate of drug-likeness (QED) is 0.429. The van der Waals surface area contributed by atoms with E-state index in [1.807, 2.05) is 0 Å². The first-order valence-electron chi connectivity index (χ1n) is 2.73. The van der Waals surface area contributed by atoms with Crippen molar-refractivity contribution in [2.45, 2.75) is 6.92 Å². The van der Waals surface area contributed by atoms with Gasteiger partial charge in [-0.15, -0.1) is 6.58 Å². The van der Waals surface area contributed by atoms with E-state index < -0.39 is 5.91 Å². The van der Waals surface area contributed by atoms with Crippen LogP contribution in [0.5, 0.6) is 0 Å². The standard InChI is InChI=1S/C4H7NO.C3H6O/c1-3(2)4(5)6;1-2-3-4/h1H2,2H3,(H2,5,6);2,4H,1,3H2. The summed E-state index contributed by atoms with van der Waals surface area (Å²) < 4.78 is 0. The molecule has 0 fully saturated rings. The van der Waals surface area contributed by atoms with Crippen molar-refractivity contribution < 1.29 is 9.90 Å². The minimum Gasteiger partial charge on any atom is -0.392 e. The lowest BCUT2D eigenvalue weighted by Gasteiger charge is -1.81. The molecule has 0 aromatic rings. The molecule has 0 bridgehead atoms. The molecule has 0 heterocycles. The molecule has 0 atom stereocenters. The van der Waals surface area contributed by atoms with E-state index in [-0.39, 0.29) is 6.61 Å². The molecule has 0 aliphatic carbocycles. The Labute approximate surface area is 60.9 Å². The van der Waals surface area contributed by atoms with E-state index in [2.05, 4.69) is 13.2 Å². The highest BCUT2D eigenvalue weighted by Crippen LogP contribution is 1.78. The molecule has 0 aromatic heterocycles. The summed E-state index contributed by atoms with van der Waals surface area (Å²) in [6.07, 6.45) is 1.43. The summed E-state index contributed by atoms with van der Waals surface area (Å²) in [5.74, 6) is -0.435. The van der Waals surface area contributed by atoms with Gasteiger partial charge in [-0.2, -0.15) is 0 Å². The molecule has 3 heteroatoms. The molecular weight excluding hydrogens is 130 g/mol. The van der Waals surface area contributed by atoms with Gasteiger partial charge in [0.15, 0.2) is 0 Å². The van der Waals surface area contributed by atoms with Gasteiger partial charge in [0.1, 0.15) is 0 Å². The molecule has 0 spiro atoms. The summed E-state index contributed by atoms with van der Waals surface area (Å²) in [6, 6.07) is 0. The van der Waals surface area contributed by atoms with Gasteiger partial charge in [0, 0.05) is 5.57 Å². The molecular formula is C7H13NO2. The molecule has 3 nitrogen and oxygen atoms in total. The monoisotopic (exact) mass is 143 g/mol. The Bertz CT molecular complexity index is 118. The molecule has 3 N–H and O–H groups in total. The number of hydrogen-bond donors (Lipinski definition) is 2. The van der Waals surface area contributed by atoms with Crippen LogP contribution in [0.1, 0.15) is 6.92 Å². The van der Waals surface area contributed by atoms with Crippen LogP contribution in [0, 0.1) is 0 Å². The summed E-state index contributed by atoms with van der Waals surface area (Å²) in [6.45, 7) is 8.16. The van der Waals surface area contributed by atoms with Gasteiger partial charge in [-0.05, 0) is 6.92 Å². The van der Waals surface area contributed by atoms with Gasteiger partial charge in [-0.25, -0.2) is 0 Å². The molecule has 10 heavy (non-hydrogen) atoms. The van der Waals surface area contributed by atoms with Crippen LogP contribution in [0.15, 0.2) is 24.8 Å². The van der Waals surface area contributed by atoms with Crippen LogP contribution in [-0.4, -0.2) is 17.6 Å². The summed E-state index contributed by atoms with van der Waals surface area (Å²) in [4.78, 5) is 9.82. The van der Waals surface area contributed by atoms with Crippen molar-refractivity contribution in [3.63, 3.8) is 0 Å². The second-order valence-electron chi connectivity index (χ2n) is 1.62. The average Bonchev–Trinajstić information content (AvgIpc) is 1.89. The molecule has 0 saturated carbocycles. The normalized spacial score (nSPS) is 7.00. The van der Waals surface area contributed by atoms with Crippen molar-refractivity contribution in [3.05, 3.63) is 24.8 Å². The van der Waals surface area contributed by atoms with Crippen molar-refractivity contribution in [2.75, 3.05) is 6.61 Å². The molecule has 0 unspecified atom stereocenters. The van der Waals surface area contributed by atoms with Crippen LogP contribution in [0.4, 0.5) is 0 Å². The first kappa shape index (κ1) is 11.7. The average molecular weight is 143 g/mol. The van der Waals surface area contributed by atoms with Crippen LogP contribution in [0.3, 0.4) is 0 Å². The lowest BCUT2D eigenvalue weighted by molar-refractivity contribution is -0.114. The lowest BCUT2D eigenvalue weighted by Crippen LogP contribution is -2.10. The number of carbonyl (C=O) groups excluding carboxylic acids is 1. The molecule has 1 amide bonds. The van der Waals surface area contributed by atoms with Crippen LogP contribution in [0.2, 0.25) is 0 Å². The van der Waals surface area contributed by atoms with E-state index in [0.29, 0.717) is 5.57 Å². The SMILES string of the molecule is C=C(C)C(N)=O.C=CCO. The number of nitrogens with two attached hydrogens (primary N) is 1. The Morgan fingerprint density at radius 3 is 2.00 bits per heavy atom. The number of amides is 1. The third-order valence-corrected chi connectivity index (χ3v) is 0.550. The summed E-state index contributed by atoms with van der Waals surface area (Å²) in [5.41, 5.74) is 5.09. The molecule has 0 aromatic carbocycles. The molecule has 0 aliphatic heterocycles. The van der Waals surface area contributed by atoms with Crippen LogP contribution >= 0.6 is 0 Å². The van der Waals surface area contributed by atoms with Gasteiger partial charge in [0.05, 0.1) is 6.61 Å². The van der Waals surface area contributed by atoms with Gasteiger partial charge in [0.25, 0.3) is 0 Å². The Balaban J connectivity index is 0. The molecule has 0 rings (SSSR count). The van der Waals surface area contributed by atoms with Gasteiger partial charge >= 0.3 is 0 Å². The number of primary amides is 1. The van der Waals surface area contributed by atoms with Crippen LogP contribution in [-0.2, 0) is 4.79 Å². The Morgan fingerprint density at radius 2 is 2.00 bits per heavy atom. The largest absolute Gasteiger partial charge is 0.392 e. The highest BCUT2D eigenvalue weighted by atomic mass is 16.2. The highest BCUT2D eigenvalue weighted by Gasteiger charge is 1.86. The summed E-state index contributed by atoms with van der Waals surface area (Å²) in [5, 5.41) is 7.76. The third-order valence-electron chi connectivity index (χ3n) is 0.550. The number of aliphatic hydroxyl groups excluding tert-OH is 1. The molecule has 58 valence electrons. The minimum atomic E-state index is -0.435. The molecule has 0 radical (unpaired) electrons. The first-order chi connectivity index (χ1) is 4.56. The number of rotatable bonds is 2. The zero-order valence-electron chi connectivity index (χ0n) is 6.13.